The molecule has 1 saturated heterocycles. The van der Waals surface area contributed by atoms with Crippen molar-refractivity contribution in [1.29, 1.82) is 0 Å². The van der Waals surface area contributed by atoms with Gasteiger partial charge in [0.25, 0.3) is 0 Å². The summed E-state index contributed by atoms with van der Waals surface area (Å²) in [6.45, 7) is 7.82. The number of nitrogens with zero attached hydrogens (tertiary/aromatic N) is 6. The average molecular weight is 552 g/mol. The van der Waals surface area contributed by atoms with Crippen LogP contribution < -0.4 is 15.5 Å². The third-order valence-electron chi connectivity index (χ3n) is 5.65. The largest absolute Gasteiger partial charge is 0.367 e. The SMILES string of the molecule is CCN1CCN(c2ccc(CNC(=NC)NCc3nnc4ccccn34)cc2F)CC1.I. The Morgan fingerprint density at radius 3 is 2.56 bits per heavy atom. The third kappa shape index (κ3) is 5.66. The Labute approximate surface area is 204 Å². The summed E-state index contributed by atoms with van der Waals surface area (Å²) < 4.78 is 16.7. The molecule has 1 aromatic carbocycles. The summed E-state index contributed by atoms with van der Waals surface area (Å²) >= 11 is 0. The highest BCUT2D eigenvalue weighted by Crippen LogP contribution is 2.22. The second-order valence-corrected chi connectivity index (χ2v) is 7.53. The first-order chi connectivity index (χ1) is 15.2. The van der Waals surface area contributed by atoms with Crippen molar-refractivity contribution in [1.82, 2.24) is 30.1 Å². The van der Waals surface area contributed by atoms with E-state index >= 15 is 0 Å². The van der Waals surface area contributed by atoms with E-state index in [-0.39, 0.29) is 29.8 Å². The maximum Gasteiger partial charge on any atom is 0.191 e. The van der Waals surface area contributed by atoms with Crippen molar-refractivity contribution in [3.05, 3.63) is 59.8 Å². The van der Waals surface area contributed by atoms with E-state index in [1.807, 2.05) is 40.9 Å². The van der Waals surface area contributed by atoms with Gasteiger partial charge in [0.2, 0.25) is 0 Å². The molecule has 1 fully saturated rings. The third-order valence-corrected chi connectivity index (χ3v) is 5.65. The molecule has 8 nitrogen and oxygen atoms in total. The van der Waals surface area contributed by atoms with Gasteiger partial charge in [0, 0.05) is 46.0 Å². The number of anilines is 1. The van der Waals surface area contributed by atoms with E-state index in [9.17, 15) is 4.39 Å². The predicted octanol–water partition coefficient (Wildman–Crippen LogP) is 2.49. The Bertz CT molecular complexity index is 1050. The second kappa shape index (κ2) is 11.4. The molecule has 0 amide bonds. The minimum Gasteiger partial charge on any atom is -0.367 e. The highest BCUT2D eigenvalue weighted by molar-refractivity contribution is 14.0. The van der Waals surface area contributed by atoms with Crippen LogP contribution in [0.4, 0.5) is 10.1 Å². The second-order valence-electron chi connectivity index (χ2n) is 7.53. The van der Waals surface area contributed by atoms with Crippen LogP contribution in [0.5, 0.6) is 0 Å². The molecule has 0 saturated carbocycles. The highest BCUT2D eigenvalue weighted by atomic mass is 127. The van der Waals surface area contributed by atoms with E-state index in [0.717, 1.165) is 49.8 Å². The molecule has 3 aromatic rings. The summed E-state index contributed by atoms with van der Waals surface area (Å²) in [5.41, 5.74) is 2.35. The van der Waals surface area contributed by atoms with Crippen LogP contribution in [0.3, 0.4) is 0 Å². The Balaban J connectivity index is 0.00000289. The summed E-state index contributed by atoms with van der Waals surface area (Å²) in [7, 11) is 1.71. The molecule has 0 aliphatic carbocycles. The summed E-state index contributed by atoms with van der Waals surface area (Å²) in [5.74, 6) is 1.23. The summed E-state index contributed by atoms with van der Waals surface area (Å²) in [6, 6.07) is 11.2. The Kier molecular flexibility index (Phi) is 8.62. The maximum atomic E-state index is 14.8. The van der Waals surface area contributed by atoms with Crippen molar-refractivity contribution in [2.45, 2.75) is 20.0 Å². The number of benzene rings is 1. The van der Waals surface area contributed by atoms with Crippen LogP contribution in [0.2, 0.25) is 0 Å². The van der Waals surface area contributed by atoms with Gasteiger partial charge >= 0.3 is 0 Å². The van der Waals surface area contributed by atoms with Crippen LogP contribution in [-0.2, 0) is 13.1 Å². The number of nitrogens with one attached hydrogen (secondary N) is 2. The van der Waals surface area contributed by atoms with Gasteiger partial charge in [0.15, 0.2) is 17.4 Å². The summed E-state index contributed by atoms with van der Waals surface area (Å²) in [5, 5.41) is 14.8. The zero-order chi connectivity index (χ0) is 21.6. The van der Waals surface area contributed by atoms with Gasteiger partial charge in [-0.1, -0.05) is 19.1 Å². The molecule has 32 heavy (non-hydrogen) atoms. The van der Waals surface area contributed by atoms with Gasteiger partial charge in [-0.2, -0.15) is 0 Å². The molecule has 0 spiro atoms. The number of aromatic nitrogens is 3. The number of fused-ring (bicyclic) bond motifs is 1. The van der Waals surface area contributed by atoms with Crippen LogP contribution in [0.1, 0.15) is 18.3 Å². The molecule has 0 unspecified atom stereocenters. The molecule has 4 rings (SSSR count). The number of hydrogen-bond donors (Lipinski definition) is 2. The lowest BCUT2D eigenvalue weighted by molar-refractivity contribution is 0.270. The van der Waals surface area contributed by atoms with E-state index in [0.29, 0.717) is 24.7 Å². The van der Waals surface area contributed by atoms with Gasteiger partial charge in [-0.15, -0.1) is 34.2 Å². The molecular weight excluding hydrogens is 522 g/mol. The first-order valence-electron chi connectivity index (χ1n) is 10.7. The normalized spacial score (nSPS) is 15.0. The van der Waals surface area contributed by atoms with Crippen LogP contribution >= 0.6 is 24.0 Å². The summed E-state index contributed by atoms with van der Waals surface area (Å²) in [6.07, 6.45) is 1.93. The fraction of sp³-hybridized carbons (Fsp3) is 0.409. The topological polar surface area (TPSA) is 73.1 Å². The first kappa shape index (κ1) is 24.2. The van der Waals surface area contributed by atoms with Crippen molar-refractivity contribution in [2.75, 3.05) is 44.7 Å². The highest BCUT2D eigenvalue weighted by Gasteiger charge is 2.18. The lowest BCUT2D eigenvalue weighted by Gasteiger charge is -2.35. The van der Waals surface area contributed by atoms with Gasteiger partial charge < -0.3 is 20.4 Å². The number of piperazine rings is 1. The molecule has 2 N–H and O–H groups in total. The lowest BCUT2D eigenvalue weighted by atomic mass is 10.1. The Morgan fingerprint density at radius 2 is 1.84 bits per heavy atom. The molecule has 3 heterocycles. The van der Waals surface area contributed by atoms with E-state index in [1.165, 1.54) is 0 Å². The van der Waals surface area contributed by atoms with Gasteiger partial charge in [-0.3, -0.25) is 9.39 Å². The molecule has 2 aromatic heterocycles. The number of guanidine groups is 1. The zero-order valence-electron chi connectivity index (χ0n) is 18.5. The maximum absolute atomic E-state index is 14.8. The zero-order valence-corrected chi connectivity index (χ0v) is 20.8. The minimum atomic E-state index is -0.179. The van der Waals surface area contributed by atoms with Gasteiger partial charge in [-0.25, -0.2) is 4.39 Å². The number of aliphatic imine (C=N–C) groups is 1. The number of rotatable bonds is 6. The van der Waals surface area contributed by atoms with Crippen molar-refractivity contribution >= 4 is 41.3 Å². The van der Waals surface area contributed by atoms with Crippen molar-refractivity contribution in [3.8, 4) is 0 Å². The van der Waals surface area contributed by atoms with Crippen LogP contribution in [0.15, 0.2) is 47.6 Å². The number of hydrogen-bond acceptors (Lipinski definition) is 5. The molecule has 1 aliphatic rings. The quantitative estimate of drug-likeness (QED) is 0.278. The summed E-state index contributed by atoms with van der Waals surface area (Å²) in [4.78, 5) is 8.75. The monoisotopic (exact) mass is 552 g/mol. The number of likely N-dealkylation sites (N-methyl/N-ethyl adjacent to an activating group) is 1. The van der Waals surface area contributed by atoms with E-state index < -0.39 is 0 Å². The van der Waals surface area contributed by atoms with Crippen LogP contribution in [0.25, 0.3) is 5.65 Å². The fourth-order valence-electron chi connectivity index (χ4n) is 3.80. The van der Waals surface area contributed by atoms with E-state index in [1.54, 1.807) is 13.1 Å². The number of pyridine rings is 1. The lowest BCUT2D eigenvalue weighted by Crippen LogP contribution is -2.46. The van der Waals surface area contributed by atoms with Crippen LogP contribution in [0, 0.1) is 5.82 Å². The van der Waals surface area contributed by atoms with Crippen molar-refractivity contribution < 1.29 is 4.39 Å². The van der Waals surface area contributed by atoms with Gasteiger partial charge in [0.1, 0.15) is 5.82 Å². The molecule has 0 atom stereocenters. The standard InChI is InChI=1S/C22H29FN8.HI/c1-3-29-10-12-30(13-11-29)19-8-7-17(14-18(19)23)15-25-22(24-2)26-16-21-28-27-20-6-4-5-9-31(20)21;/h4-9,14H,3,10-13,15-16H2,1-2H3,(H2,24,25,26);1H. The molecule has 0 bridgehead atoms. The molecule has 0 radical (unpaired) electrons. The predicted molar refractivity (Wildman–Crippen MR) is 136 cm³/mol. The molecule has 1 aliphatic heterocycles. The van der Waals surface area contributed by atoms with Crippen molar-refractivity contribution in [2.24, 2.45) is 4.99 Å². The minimum absolute atomic E-state index is 0. The van der Waals surface area contributed by atoms with Crippen LogP contribution in [-0.4, -0.2) is 65.2 Å². The smallest absolute Gasteiger partial charge is 0.191 e. The molecular formula is C22H30FIN8. The van der Waals surface area contributed by atoms with Gasteiger partial charge in [-0.05, 0) is 36.4 Å². The molecule has 172 valence electrons. The molecule has 10 heteroatoms. The number of halogens is 2. The van der Waals surface area contributed by atoms with Gasteiger partial charge in [0.05, 0.1) is 12.2 Å². The Morgan fingerprint density at radius 1 is 1.06 bits per heavy atom. The van der Waals surface area contributed by atoms with Crippen molar-refractivity contribution in [3.63, 3.8) is 0 Å². The van der Waals surface area contributed by atoms with E-state index in [4.69, 9.17) is 0 Å². The van der Waals surface area contributed by atoms with E-state index in [2.05, 4.69) is 42.5 Å². The Hall–Kier alpha value is -2.47. The fourth-order valence-corrected chi connectivity index (χ4v) is 3.80. The first-order valence-corrected chi connectivity index (χ1v) is 10.7. The average Bonchev–Trinajstić information content (AvgIpc) is 3.22.